The second-order valence-corrected chi connectivity index (χ2v) is 8.94. The highest BCUT2D eigenvalue weighted by Gasteiger charge is 2.24. The van der Waals surface area contributed by atoms with Crippen LogP contribution in [0.2, 0.25) is 0 Å². The SMILES string of the molecule is Cc1nnc(SCC(=O)NC(Cc2c[nH]c3ccccc23)C(=O)O)n1C1CCCCC1. The molecule has 1 fully saturated rings. The molecule has 8 nitrogen and oxygen atoms in total. The highest BCUT2D eigenvalue weighted by Crippen LogP contribution is 2.32. The van der Waals surface area contributed by atoms with Crippen molar-refractivity contribution in [3.8, 4) is 0 Å². The van der Waals surface area contributed by atoms with E-state index in [1.54, 1.807) is 6.20 Å². The summed E-state index contributed by atoms with van der Waals surface area (Å²) >= 11 is 1.31. The Hall–Kier alpha value is -2.81. The van der Waals surface area contributed by atoms with Gasteiger partial charge in [0.15, 0.2) is 5.16 Å². The van der Waals surface area contributed by atoms with Crippen molar-refractivity contribution in [1.82, 2.24) is 25.1 Å². The number of H-pyrrole nitrogens is 1. The lowest BCUT2D eigenvalue weighted by atomic mass is 9.95. The number of benzene rings is 1. The predicted octanol–water partition coefficient (Wildman–Crippen LogP) is 3.48. The number of rotatable bonds is 8. The van der Waals surface area contributed by atoms with Crippen LogP contribution >= 0.6 is 11.8 Å². The van der Waals surface area contributed by atoms with E-state index in [2.05, 4.69) is 25.1 Å². The first kappa shape index (κ1) is 21.4. The topological polar surface area (TPSA) is 113 Å². The van der Waals surface area contributed by atoms with E-state index in [0.29, 0.717) is 6.04 Å². The van der Waals surface area contributed by atoms with Gasteiger partial charge in [0, 0.05) is 29.6 Å². The van der Waals surface area contributed by atoms with Crippen LogP contribution in [0.5, 0.6) is 0 Å². The molecule has 0 spiro atoms. The number of thioether (sulfide) groups is 1. The fourth-order valence-electron chi connectivity index (χ4n) is 4.29. The molecule has 3 aromatic rings. The van der Waals surface area contributed by atoms with Gasteiger partial charge in [-0.15, -0.1) is 10.2 Å². The molecule has 1 aliphatic carbocycles. The van der Waals surface area contributed by atoms with Gasteiger partial charge in [0.1, 0.15) is 11.9 Å². The quantitative estimate of drug-likeness (QED) is 0.461. The Kier molecular flexibility index (Phi) is 6.60. The summed E-state index contributed by atoms with van der Waals surface area (Å²) in [6.07, 6.45) is 7.87. The largest absolute Gasteiger partial charge is 0.480 e. The second-order valence-electron chi connectivity index (χ2n) is 8.00. The Morgan fingerprint density at radius 2 is 2.03 bits per heavy atom. The number of carbonyl (C=O) groups is 2. The number of carboxylic acids is 1. The minimum Gasteiger partial charge on any atom is -0.480 e. The van der Waals surface area contributed by atoms with Crippen LogP contribution < -0.4 is 5.32 Å². The normalized spacial score (nSPS) is 15.8. The summed E-state index contributed by atoms with van der Waals surface area (Å²) in [5, 5.41) is 22.4. The first-order valence-electron chi connectivity index (χ1n) is 10.6. The van der Waals surface area contributed by atoms with Crippen LogP contribution in [0.1, 0.15) is 49.5 Å². The summed E-state index contributed by atoms with van der Waals surface area (Å²) in [5.74, 6) is -0.418. The first-order chi connectivity index (χ1) is 15.0. The minimum atomic E-state index is -1.05. The molecule has 9 heteroatoms. The van der Waals surface area contributed by atoms with E-state index >= 15 is 0 Å². The number of carbonyl (C=O) groups excluding carboxylic acids is 1. The lowest BCUT2D eigenvalue weighted by Gasteiger charge is -2.25. The van der Waals surface area contributed by atoms with Crippen molar-refractivity contribution < 1.29 is 14.7 Å². The number of fused-ring (bicyclic) bond motifs is 1. The number of amides is 1. The van der Waals surface area contributed by atoms with Gasteiger partial charge in [-0.25, -0.2) is 4.79 Å². The number of para-hydroxylation sites is 1. The molecule has 164 valence electrons. The highest BCUT2D eigenvalue weighted by atomic mass is 32.2. The molecule has 1 unspecified atom stereocenters. The molecule has 0 aliphatic heterocycles. The number of nitrogens with zero attached hydrogens (tertiary/aromatic N) is 3. The van der Waals surface area contributed by atoms with Crippen molar-refractivity contribution in [2.75, 3.05) is 5.75 Å². The van der Waals surface area contributed by atoms with E-state index in [0.717, 1.165) is 40.3 Å². The van der Waals surface area contributed by atoms with Crippen molar-refractivity contribution in [2.45, 2.75) is 62.7 Å². The van der Waals surface area contributed by atoms with Gasteiger partial charge in [-0.3, -0.25) is 4.79 Å². The Labute approximate surface area is 184 Å². The van der Waals surface area contributed by atoms with Crippen LogP contribution in [0.25, 0.3) is 10.9 Å². The van der Waals surface area contributed by atoms with Gasteiger partial charge < -0.3 is 20.0 Å². The monoisotopic (exact) mass is 441 g/mol. The molecule has 2 heterocycles. The number of nitrogens with one attached hydrogen (secondary N) is 2. The second kappa shape index (κ2) is 9.55. The van der Waals surface area contributed by atoms with E-state index in [1.165, 1.54) is 31.0 Å². The van der Waals surface area contributed by atoms with Gasteiger partial charge in [-0.2, -0.15) is 0 Å². The molecule has 1 aliphatic rings. The summed E-state index contributed by atoms with van der Waals surface area (Å²) in [4.78, 5) is 27.5. The third-order valence-electron chi connectivity index (χ3n) is 5.84. The molecule has 0 bridgehead atoms. The van der Waals surface area contributed by atoms with Gasteiger partial charge in [0.25, 0.3) is 0 Å². The molecule has 0 radical (unpaired) electrons. The average molecular weight is 442 g/mol. The number of carboxylic acid groups (broad SMARTS) is 1. The minimum absolute atomic E-state index is 0.0997. The predicted molar refractivity (Wildman–Crippen MR) is 119 cm³/mol. The van der Waals surface area contributed by atoms with E-state index in [1.807, 2.05) is 31.2 Å². The lowest BCUT2D eigenvalue weighted by molar-refractivity contribution is -0.141. The Morgan fingerprint density at radius 1 is 1.26 bits per heavy atom. The van der Waals surface area contributed by atoms with Gasteiger partial charge in [0.05, 0.1) is 5.75 Å². The lowest BCUT2D eigenvalue weighted by Crippen LogP contribution is -2.43. The van der Waals surface area contributed by atoms with Gasteiger partial charge in [-0.1, -0.05) is 49.2 Å². The fourth-order valence-corrected chi connectivity index (χ4v) is 5.16. The van der Waals surface area contributed by atoms with Crippen molar-refractivity contribution in [2.24, 2.45) is 0 Å². The molecule has 1 amide bonds. The first-order valence-corrected chi connectivity index (χ1v) is 11.6. The third kappa shape index (κ3) is 4.92. The van der Waals surface area contributed by atoms with Crippen molar-refractivity contribution in [3.05, 3.63) is 41.9 Å². The van der Waals surface area contributed by atoms with Crippen LogP contribution in [0, 0.1) is 6.92 Å². The van der Waals surface area contributed by atoms with E-state index in [-0.39, 0.29) is 18.1 Å². The standard InChI is InChI=1S/C22H27N5O3S/c1-14-25-26-22(27(14)16-7-3-2-4-8-16)31-13-20(28)24-19(21(29)30)11-15-12-23-18-10-6-5-9-17(15)18/h5-6,9-10,12,16,19,23H,2-4,7-8,11,13H2,1H3,(H,24,28)(H,29,30). The van der Waals surface area contributed by atoms with Crippen molar-refractivity contribution >= 4 is 34.5 Å². The van der Waals surface area contributed by atoms with E-state index in [9.17, 15) is 14.7 Å². The van der Waals surface area contributed by atoms with E-state index in [4.69, 9.17) is 0 Å². The number of hydrogen-bond acceptors (Lipinski definition) is 5. The van der Waals surface area contributed by atoms with Crippen LogP contribution in [-0.4, -0.2) is 48.5 Å². The summed E-state index contributed by atoms with van der Waals surface area (Å²) < 4.78 is 2.14. The summed E-state index contributed by atoms with van der Waals surface area (Å²) in [6.45, 7) is 1.94. The number of aryl methyl sites for hydroxylation is 1. The Morgan fingerprint density at radius 3 is 2.81 bits per heavy atom. The molecule has 4 rings (SSSR count). The fraction of sp³-hybridized carbons (Fsp3) is 0.455. The smallest absolute Gasteiger partial charge is 0.326 e. The van der Waals surface area contributed by atoms with Gasteiger partial charge in [-0.05, 0) is 31.4 Å². The maximum atomic E-state index is 12.6. The Bertz CT molecular complexity index is 1070. The number of aromatic nitrogens is 4. The molecule has 1 saturated carbocycles. The van der Waals surface area contributed by atoms with Crippen molar-refractivity contribution in [3.63, 3.8) is 0 Å². The maximum absolute atomic E-state index is 12.6. The summed E-state index contributed by atoms with van der Waals surface area (Å²) in [6, 6.07) is 7.10. The van der Waals surface area contributed by atoms with Crippen LogP contribution in [0.4, 0.5) is 0 Å². The zero-order chi connectivity index (χ0) is 21.8. The summed E-state index contributed by atoms with van der Waals surface area (Å²) in [5.41, 5.74) is 1.81. The summed E-state index contributed by atoms with van der Waals surface area (Å²) in [7, 11) is 0. The number of aliphatic carboxylic acids is 1. The highest BCUT2D eigenvalue weighted by molar-refractivity contribution is 7.99. The zero-order valence-electron chi connectivity index (χ0n) is 17.5. The molecular formula is C22H27N5O3S. The molecular weight excluding hydrogens is 414 g/mol. The van der Waals surface area contributed by atoms with Crippen molar-refractivity contribution in [1.29, 1.82) is 0 Å². The van der Waals surface area contributed by atoms with E-state index < -0.39 is 12.0 Å². The van der Waals surface area contributed by atoms with Crippen LogP contribution in [0.15, 0.2) is 35.6 Å². The molecule has 2 aromatic heterocycles. The van der Waals surface area contributed by atoms with Crippen LogP contribution in [0.3, 0.4) is 0 Å². The molecule has 1 atom stereocenters. The molecule has 3 N–H and O–H groups in total. The zero-order valence-corrected chi connectivity index (χ0v) is 18.3. The average Bonchev–Trinajstić information content (AvgIpc) is 3.35. The van der Waals surface area contributed by atoms with Crippen LogP contribution in [-0.2, 0) is 16.0 Å². The third-order valence-corrected chi connectivity index (χ3v) is 6.78. The molecule has 0 saturated heterocycles. The molecule has 1 aromatic carbocycles. The maximum Gasteiger partial charge on any atom is 0.326 e. The Balaban J connectivity index is 1.39. The number of hydrogen-bond donors (Lipinski definition) is 3. The van der Waals surface area contributed by atoms with Gasteiger partial charge in [0.2, 0.25) is 5.91 Å². The number of aromatic amines is 1. The molecule has 31 heavy (non-hydrogen) atoms. The van der Waals surface area contributed by atoms with Gasteiger partial charge >= 0.3 is 5.97 Å².